The maximum Gasteiger partial charge on any atom is 0.413 e. The molecule has 29 heavy (non-hydrogen) atoms. The van der Waals surface area contributed by atoms with Gasteiger partial charge in [0.05, 0.1) is 6.04 Å². The number of benzene rings is 1. The average Bonchev–Trinajstić information content (AvgIpc) is 3.18. The highest BCUT2D eigenvalue weighted by Crippen LogP contribution is 2.33. The lowest BCUT2D eigenvalue weighted by Gasteiger charge is -2.26. The summed E-state index contributed by atoms with van der Waals surface area (Å²) in [4.78, 5) is 38.2. The first-order valence-electron chi connectivity index (χ1n) is 9.49. The highest BCUT2D eigenvalue weighted by molar-refractivity contribution is 6.01. The molecular weight excluding hydrogens is 380 g/mol. The second-order valence-electron chi connectivity index (χ2n) is 7.02. The van der Waals surface area contributed by atoms with Gasteiger partial charge in [0.15, 0.2) is 17.3 Å². The molecular formula is C20H28N2O7. The smallest absolute Gasteiger partial charge is 0.413 e. The van der Waals surface area contributed by atoms with E-state index in [2.05, 4.69) is 0 Å². The third-order valence-corrected chi connectivity index (χ3v) is 4.98. The third kappa shape index (κ3) is 5.38. The number of esters is 1. The molecule has 1 heterocycles. The van der Waals surface area contributed by atoms with E-state index in [1.807, 2.05) is 13.8 Å². The lowest BCUT2D eigenvalue weighted by atomic mass is 10.0. The monoisotopic (exact) mass is 408 g/mol. The number of ketones is 1. The van der Waals surface area contributed by atoms with Gasteiger partial charge in [-0.05, 0) is 31.0 Å². The molecule has 9 nitrogen and oxygen atoms in total. The largest absolute Gasteiger partial charge is 0.454 e. The number of nitrogens with zero attached hydrogens (tertiary/aromatic N) is 1. The van der Waals surface area contributed by atoms with Gasteiger partial charge in [0.1, 0.15) is 6.04 Å². The molecule has 9 heteroatoms. The summed E-state index contributed by atoms with van der Waals surface area (Å²) in [6, 6.07) is 3.20. The minimum atomic E-state index is -1.14. The van der Waals surface area contributed by atoms with E-state index in [1.165, 1.54) is 14.0 Å². The number of ether oxygens (including phenoxy) is 4. The molecule has 0 fully saturated rings. The van der Waals surface area contributed by atoms with E-state index < -0.39 is 30.4 Å². The van der Waals surface area contributed by atoms with Crippen LogP contribution in [-0.2, 0) is 14.3 Å². The van der Waals surface area contributed by atoms with Crippen molar-refractivity contribution in [3.63, 3.8) is 0 Å². The van der Waals surface area contributed by atoms with Gasteiger partial charge in [-0.15, -0.1) is 0 Å². The Hall–Kier alpha value is -2.81. The summed E-state index contributed by atoms with van der Waals surface area (Å²) in [5.74, 6) is 0.0325. The van der Waals surface area contributed by atoms with Gasteiger partial charge in [-0.3, -0.25) is 9.59 Å². The lowest BCUT2D eigenvalue weighted by molar-refractivity contribution is -0.168. The van der Waals surface area contributed by atoms with Crippen molar-refractivity contribution in [1.82, 2.24) is 4.90 Å². The van der Waals surface area contributed by atoms with Crippen LogP contribution >= 0.6 is 0 Å². The van der Waals surface area contributed by atoms with Gasteiger partial charge in [-0.2, -0.15) is 0 Å². The van der Waals surface area contributed by atoms with Crippen LogP contribution in [0.4, 0.5) is 4.79 Å². The topological polar surface area (TPSA) is 117 Å². The van der Waals surface area contributed by atoms with Crippen molar-refractivity contribution in [2.75, 3.05) is 13.8 Å². The van der Waals surface area contributed by atoms with Crippen LogP contribution < -0.4 is 15.2 Å². The fourth-order valence-electron chi connectivity index (χ4n) is 2.60. The van der Waals surface area contributed by atoms with Crippen molar-refractivity contribution in [2.45, 2.75) is 52.5 Å². The average molecular weight is 408 g/mol. The van der Waals surface area contributed by atoms with Gasteiger partial charge in [-0.1, -0.05) is 20.3 Å². The van der Waals surface area contributed by atoms with E-state index in [9.17, 15) is 14.4 Å². The number of carbonyl (C=O) groups is 3. The molecule has 0 saturated heterocycles. The zero-order valence-corrected chi connectivity index (χ0v) is 17.3. The molecule has 0 aromatic heterocycles. The number of likely N-dealkylation sites (N-methyl/N-ethyl adjacent to an activating group) is 1. The fraction of sp³-hybridized carbons (Fsp3) is 0.550. The number of hydrogen-bond donors (Lipinski definition) is 1. The Balaban J connectivity index is 1.93. The number of fused-ring (bicyclic) bond motifs is 1. The Morgan fingerprint density at radius 3 is 2.45 bits per heavy atom. The Labute approximate surface area is 170 Å². The van der Waals surface area contributed by atoms with Crippen molar-refractivity contribution in [3.05, 3.63) is 23.8 Å². The van der Waals surface area contributed by atoms with Gasteiger partial charge < -0.3 is 29.6 Å². The molecule has 4 atom stereocenters. The molecule has 0 saturated carbocycles. The fourth-order valence-corrected chi connectivity index (χ4v) is 2.60. The number of nitrogens with two attached hydrogens (primary N) is 1. The molecule has 0 aliphatic carbocycles. The Bertz CT molecular complexity index is 767. The van der Waals surface area contributed by atoms with Crippen molar-refractivity contribution in [3.8, 4) is 11.5 Å². The molecule has 1 aromatic carbocycles. The van der Waals surface area contributed by atoms with E-state index in [1.54, 1.807) is 25.1 Å². The Morgan fingerprint density at radius 2 is 1.79 bits per heavy atom. The third-order valence-electron chi connectivity index (χ3n) is 4.98. The summed E-state index contributed by atoms with van der Waals surface area (Å²) in [6.45, 7) is 6.83. The Morgan fingerprint density at radius 1 is 1.14 bits per heavy atom. The molecule has 0 spiro atoms. The van der Waals surface area contributed by atoms with Crippen molar-refractivity contribution in [2.24, 2.45) is 11.7 Å². The van der Waals surface area contributed by atoms with E-state index in [-0.39, 0.29) is 18.5 Å². The van der Waals surface area contributed by atoms with Gasteiger partial charge in [0.25, 0.3) is 0 Å². The first-order chi connectivity index (χ1) is 13.6. The molecule has 2 rings (SSSR count). The van der Waals surface area contributed by atoms with E-state index in [0.717, 1.165) is 4.90 Å². The zero-order chi connectivity index (χ0) is 21.7. The quantitative estimate of drug-likeness (QED) is 0.396. The predicted molar refractivity (Wildman–Crippen MR) is 104 cm³/mol. The maximum atomic E-state index is 12.7. The van der Waals surface area contributed by atoms with Crippen molar-refractivity contribution in [1.29, 1.82) is 0 Å². The SMILES string of the molecule is CCC(C)C(N)C(=O)OC(C)OC(=O)N(C)C(C)C(=O)c1ccc2c(c1)OCO2. The molecule has 1 aliphatic rings. The summed E-state index contributed by atoms with van der Waals surface area (Å²) in [5, 5.41) is 0. The summed E-state index contributed by atoms with van der Waals surface area (Å²) in [6.07, 6.45) is -1.23. The molecule has 2 N–H and O–H groups in total. The van der Waals surface area contributed by atoms with Crippen LogP contribution in [0, 0.1) is 5.92 Å². The Kier molecular flexibility index (Phi) is 7.44. The normalized spacial score (nSPS) is 16.3. The summed E-state index contributed by atoms with van der Waals surface area (Å²) in [5.41, 5.74) is 6.19. The molecule has 1 amide bonds. The highest BCUT2D eigenvalue weighted by Gasteiger charge is 2.29. The molecule has 0 radical (unpaired) electrons. The summed E-state index contributed by atoms with van der Waals surface area (Å²) >= 11 is 0. The van der Waals surface area contributed by atoms with Crippen LogP contribution in [0.3, 0.4) is 0 Å². The van der Waals surface area contributed by atoms with Crippen LogP contribution in [0.25, 0.3) is 0 Å². The van der Waals surface area contributed by atoms with E-state index in [4.69, 9.17) is 24.7 Å². The molecule has 1 aliphatic heterocycles. The minimum absolute atomic E-state index is 0.0626. The van der Waals surface area contributed by atoms with Gasteiger partial charge >= 0.3 is 12.1 Å². The number of amides is 1. The molecule has 0 bridgehead atoms. The highest BCUT2D eigenvalue weighted by atomic mass is 16.7. The maximum absolute atomic E-state index is 12.7. The first kappa shape index (κ1) is 22.5. The van der Waals surface area contributed by atoms with E-state index >= 15 is 0 Å². The van der Waals surface area contributed by atoms with Crippen LogP contribution in [0.2, 0.25) is 0 Å². The van der Waals surface area contributed by atoms with Crippen LogP contribution in [0.15, 0.2) is 18.2 Å². The number of rotatable bonds is 8. The van der Waals surface area contributed by atoms with Gasteiger partial charge in [0.2, 0.25) is 13.1 Å². The summed E-state index contributed by atoms with van der Waals surface area (Å²) < 4.78 is 20.7. The standard InChI is InChI=1S/C20H28N2O7/c1-6-11(2)17(21)19(24)28-13(4)29-20(25)22(5)12(3)18(23)14-7-8-15-16(9-14)27-10-26-15/h7-9,11-13,17H,6,10,21H2,1-5H3. The lowest BCUT2D eigenvalue weighted by Crippen LogP contribution is -2.43. The van der Waals surface area contributed by atoms with Crippen LogP contribution in [0.1, 0.15) is 44.5 Å². The number of carbonyl (C=O) groups excluding carboxylic acids is 3. The van der Waals surface area contributed by atoms with Crippen molar-refractivity contribution < 1.29 is 33.3 Å². The minimum Gasteiger partial charge on any atom is -0.454 e. The molecule has 1 aromatic rings. The van der Waals surface area contributed by atoms with Gasteiger partial charge in [0, 0.05) is 19.5 Å². The predicted octanol–water partition coefficient (Wildman–Crippen LogP) is 2.32. The van der Waals surface area contributed by atoms with Crippen molar-refractivity contribution >= 4 is 17.8 Å². The molecule has 160 valence electrons. The first-order valence-corrected chi connectivity index (χ1v) is 9.49. The second-order valence-corrected chi connectivity index (χ2v) is 7.02. The number of hydrogen-bond acceptors (Lipinski definition) is 8. The summed E-state index contributed by atoms with van der Waals surface area (Å²) in [7, 11) is 1.43. The van der Waals surface area contributed by atoms with Crippen LogP contribution in [-0.4, -0.2) is 55.0 Å². The number of Topliss-reactive ketones (excluding diaryl/α,β-unsaturated/α-hetero) is 1. The van der Waals surface area contributed by atoms with Crippen LogP contribution in [0.5, 0.6) is 11.5 Å². The zero-order valence-electron chi connectivity index (χ0n) is 17.3. The second kappa shape index (κ2) is 9.60. The van der Waals surface area contributed by atoms with E-state index in [0.29, 0.717) is 23.5 Å². The van der Waals surface area contributed by atoms with Gasteiger partial charge in [-0.25, -0.2) is 4.79 Å². The molecule has 4 unspecified atom stereocenters.